The van der Waals surface area contributed by atoms with E-state index in [-0.39, 0.29) is 18.0 Å². The highest BCUT2D eigenvalue weighted by molar-refractivity contribution is 6.33. The Morgan fingerprint density at radius 3 is 2.10 bits per heavy atom. The highest BCUT2D eigenvalue weighted by atomic mass is 35.5. The molecule has 2 heterocycles. The van der Waals surface area contributed by atoms with Crippen molar-refractivity contribution in [3.63, 3.8) is 0 Å². The number of hydrogen-bond donors (Lipinski definition) is 2. The van der Waals surface area contributed by atoms with Gasteiger partial charge in [0.2, 0.25) is 0 Å². The Kier molecular flexibility index (Phi) is 11.2. The molecule has 1 amide bonds. The van der Waals surface area contributed by atoms with Gasteiger partial charge < -0.3 is 20.3 Å². The molecular weight excluding hydrogens is 628 g/mol. The molecule has 0 aromatic heterocycles. The molecule has 0 spiro atoms. The van der Waals surface area contributed by atoms with Crippen LogP contribution in [0.3, 0.4) is 0 Å². The first kappa shape index (κ1) is 34.5. The second-order valence-corrected chi connectivity index (χ2v) is 13.5. The van der Waals surface area contributed by atoms with Gasteiger partial charge in [-0.15, -0.1) is 0 Å². The lowest BCUT2D eigenvalue weighted by Gasteiger charge is -2.27. The van der Waals surface area contributed by atoms with Gasteiger partial charge in [0.05, 0.1) is 23.4 Å². The molecule has 4 aromatic carbocycles. The van der Waals surface area contributed by atoms with Crippen LogP contribution in [-0.2, 0) is 6.54 Å². The predicted molar refractivity (Wildman–Crippen MR) is 204 cm³/mol. The number of likely N-dealkylation sites (tertiary alicyclic amines) is 2. The van der Waals surface area contributed by atoms with Crippen molar-refractivity contribution in [2.75, 3.05) is 46.2 Å². The molecule has 4 aromatic rings. The largest absolute Gasteiger partial charge is 0.496 e. The number of nitrogens with one attached hydrogen (secondary N) is 2. The van der Waals surface area contributed by atoms with Crippen LogP contribution < -0.4 is 15.4 Å². The normalized spacial score (nSPS) is 18.9. The van der Waals surface area contributed by atoms with Gasteiger partial charge in [-0.2, -0.15) is 0 Å². The number of nitrogens with zero attached hydrogens (tertiary/aromatic N) is 2. The third-order valence-electron chi connectivity index (χ3n) is 10.1. The van der Waals surface area contributed by atoms with Crippen molar-refractivity contribution in [2.24, 2.45) is 0 Å². The zero-order valence-electron chi connectivity index (χ0n) is 29.0. The fourth-order valence-corrected chi connectivity index (χ4v) is 7.42. The number of piperidine rings is 1. The fraction of sp³-hybridized carbons (Fsp3) is 0.310. The quantitative estimate of drug-likeness (QED) is 0.189. The van der Waals surface area contributed by atoms with E-state index in [9.17, 15) is 4.79 Å². The van der Waals surface area contributed by atoms with E-state index < -0.39 is 0 Å². The molecule has 2 fully saturated rings. The number of ether oxygens (including phenoxy) is 1. The minimum Gasteiger partial charge on any atom is -0.496 e. The van der Waals surface area contributed by atoms with Crippen molar-refractivity contribution >= 4 is 40.9 Å². The summed E-state index contributed by atoms with van der Waals surface area (Å²) in [5, 5.41) is 6.65. The van der Waals surface area contributed by atoms with E-state index >= 15 is 0 Å². The number of carbonyl (C=O) groups is 1. The maximum atomic E-state index is 12.9. The van der Waals surface area contributed by atoms with Crippen molar-refractivity contribution in [1.29, 1.82) is 0 Å². The number of amides is 1. The van der Waals surface area contributed by atoms with Gasteiger partial charge in [-0.05, 0) is 72.7 Å². The maximum absolute atomic E-state index is 12.9. The Morgan fingerprint density at radius 2 is 1.49 bits per heavy atom. The number of halogens is 1. The van der Waals surface area contributed by atoms with Gasteiger partial charge in [-0.1, -0.05) is 108 Å². The van der Waals surface area contributed by atoms with Crippen LogP contribution in [0.4, 0.5) is 5.69 Å². The second kappa shape index (κ2) is 15.9. The lowest BCUT2D eigenvalue weighted by molar-refractivity contribution is 0.0924. The van der Waals surface area contributed by atoms with Crippen LogP contribution in [-0.4, -0.2) is 68.6 Å². The highest BCUT2D eigenvalue weighted by Crippen LogP contribution is 2.38. The Balaban J connectivity index is 0.000000173. The molecule has 3 aliphatic rings. The number of anilines is 1. The summed E-state index contributed by atoms with van der Waals surface area (Å²) in [6.07, 6.45) is 7.79. The third kappa shape index (κ3) is 7.94. The van der Waals surface area contributed by atoms with Crippen LogP contribution in [0.5, 0.6) is 5.75 Å². The monoisotopic (exact) mass is 674 g/mol. The van der Waals surface area contributed by atoms with Crippen molar-refractivity contribution in [3.05, 3.63) is 135 Å². The van der Waals surface area contributed by atoms with Crippen LogP contribution in [0.2, 0.25) is 5.02 Å². The Morgan fingerprint density at radius 1 is 0.878 bits per heavy atom. The van der Waals surface area contributed by atoms with E-state index in [0.717, 1.165) is 38.3 Å². The third-order valence-corrected chi connectivity index (χ3v) is 10.4. The first-order valence-corrected chi connectivity index (χ1v) is 17.7. The van der Waals surface area contributed by atoms with Crippen LogP contribution >= 0.6 is 11.6 Å². The average Bonchev–Trinajstić information content (AvgIpc) is 3.37. The van der Waals surface area contributed by atoms with Crippen molar-refractivity contribution in [3.8, 4) is 5.75 Å². The van der Waals surface area contributed by atoms with E-state index in [2.05, 4.69) is 119 Å². The zero-order valence-corrected chi connectivity index (χ0v) is 29.8. The van der Waals surface area contributed by atoms with Crippen molar-refractivity contribution in [2.45, 2.75) is 44.8 Å². The molecule has 2 saturated heterocycles. The molecule has 0 radical (unpaired) electrons. The second-order valence-electron chi connectivity index (χ2n) is 13.1. The molecule has 0 bridgehead atoms. The lowest BCUT2D eigenvalue weighted by Crippen LogP contribution is -2.43. The molecule has 0 unspecified atom stereocenters. The van der Waals surface area contributed by atoms with Gasteiger partial charge >= 0.3 is 0 Å². The number of rotatable bonds is 6. The van der Waals surface area contributed by atoms with Crippen LogP contribution in [0, 0.1) is 0 Å². The van der Waals surface area contributed by atoms with Gasteiger partial charge in [-0.25, -0.2) is 0 Å². The van der Waals surface area contributed by atoms with Gasteiger partial charge in [0.25, 0.3) is 5.91 Å². The Hall–Kier alpha value is -4.36. The van der Waals surface area contributed by atoms with Crippen LogP contribution in [0.25, 0.3) is 17.7 Å². The lowest BCUT2D eigenvalue weighted by atomic mass is 9.86. The van der Waals surface area contributed by atoms with Gasteiger partial charge in [-0.3, -0.25) is 9.69 Å². The molecule has 49 heavy (non-hydrogen) atoms. The zero-order chi connectivity index (χ0) is 34.3. The average molecular weight is 675 g/mol. The Labute approximate surface area is 296 Å². The molecule has 6 nitrogen and oxygen atoms in total. The van der Waals surface area contributed by atoms with Crippen LogP contribution in [0.1, 0.15) is 64.4 Å². The van der Waals surface area contributed by atoms with Gasteiger partial charge in [0.1, 0.15) is 5.75 Å². The maximum Gasteiger partial charge on any atom is 0.255 e. The van der Waals surface area contributed by atoms with E-state index in [1.165, 1.54) is 46.2 Å². The minimum atomic E-state index is -0.158. The Bertz CT molecular complexity index is 1770. The molecule has 2 aliphatic heterocycles. The van der Waals surface area contributed by atoms with Crippen LogP contribution in [0.15, 0.2) is 96.6 Å². The molecule has 1 aliphatic carbocycles. The number of methoxy groups -OCH3 is 1. The highest BCUT2D eigenvalue weighted by Gasteiger charge is 2.32. The number of hydrogen-bond acceptors (Lipinski definition) is 5. The summed E-state index contributed by atoms with van der Waals surface area (Å²) >= 11 is 6.26. The fourth-order valence-electron chi connectivity index (χ4n) is 7.16. The molecule has 7 heteroatoms. The van der Waals surface area contributed by atoms with Crippen molar-refractivity contribution in [1.82, 2.24) is 15.1 Å². The van der Waals surface area contributed by atoms with Gasteiger partial charge in [0.15, 0.2) is 0 Å². The summed E-state index contributed by atoms with van der Waals surface area (Å²) in [6, 6.07) is 31.8. The minimum absolute atomic E-state index is 0.0914. The van der Waals surface area contributed by atoms with Crippen molar-refractivity contribution < 1.29 is 9.53 Å². The predicted octanol–water partition coefficient (Wildman–Crippen LogP) is 8.48. The van der Waals surface area contributed by atoms with E-state index in [4.69, 9.17) is 16.3 Å². The molecule has 0 saturated carbocycles. The summed E-state index contributed by atoms with van der Waals surface area (Å²) in [5.41, 5.74) is 11.0. The molecule has 2 N–H and O–H groups in total. The summed E-state index contributed by atoms with van der Waals surface area (Å²) in [7, 11) is 5.55. The SMILES string of the molecule is CN1CCC(=C2c3ccccc3C=Cc3ccccc32)CC1.CNc1cc(OC)c(C(=O)N[C@H]2CCN(Cc3ccccc3)[C@H]2C)cc1Cl. The standard InChI is InChI=1S/C21H26ClN3O2.C21H21N/c1-14-18(9-10-25(14)13-15-7-5-4-6-8-15)24-21(26)16-11-17(22)19(23-2)12-20(16)27-3;1-22-14-12-18(13-15-22)21-19-8-4-2-6-16(19)10-11-17-7-3-5-9-20(17)21/h4-8,11-12,14,18,23H,9-10,13H2,1-3H3,(H,24,26);2-11H,12-15H2,1H3/t14-,18-;/m0./s1. The first-order valence-electron chi connectivity index (χ1n) is 17.3. The van der Waals surface area contributed by atoms with Gasteiger partial charge in [0, 0.05) is 51.4 Å². The molecule has 7 rings (SSSR count). The smallest absolute Gasteiger partial charge is 0.255 e. The van der Waals surface area contributed by atoms with E-state index in [1.807, 2.05) is 6.07 Å². The number of fused-ring (bicyclic) bond motifs is 2. The van der Waals surface area contributed by atoms with E-state index in [1.54, 1.807) is 31.9 Å². The molecule has 254 valence electrons. The number of benzene rings is 4. The molecule has 2 atom stereocenters. The summed E-state index contributed by atoms with van der Waals surface area (Å²) in [6.45, 7) is 6.33. The summed E-state index contributed by atoms with van der Waals surface area (Å²) in [4.78, 5) is 17.7. The summed E-state index contributed by atoms with van der Waals surface area (Å²) in [5.74, 6) is 0.350. The first-order chi connectivity index (χ1) is 23.9. The summed E-state index contributed by atoms with van der Waals surface area (Å²) < 4.78 is 5.39. The van der Waals surface area contributed by atoms with E-state index in [0.29, 0.717) is 16.3 Å². The molecular formula is C42H47ClN4O2. The topological polar surface area (TPSA) is 56.8 Å². The number of carbonyl (C=O) groups excluding carboxylic acids is 1.